The summed E-state index contributed by atoms with van der Waals surface area (Å²) in [5, 5.41) is 15.7. The summed E-state index contributed by atoms with van der Waals surface area (Å²) < 4.78 is 14.7. The van der Waals surface area contributed by atoms with Crippen LogP contribution in [0.2, 0.25) is 26.2 Å². The fourth-order valence-corrected chi connectivity index (χ4v) is 24.7. The van der Waals surface area contributed by atoms with Crippen molar-refractivity contribution in [1.29, 1.82) is 0 Å². The highest BCUT2D eigenvalue weighted by atomic mass is 28.3. The lowest BCUT2D eigenvalue weighted by atomic mass is 9.82. The minimum absolute atomic E-state index is 0.0164. The zero-order valence-corrected chi connectivity index (χ0v) is 56.0. The summed E-state index contributed by atoms with van der Waals surface area (Å²) in [5.74, 6) is 0. The molecule has 0 saturated carbocycles. The lowest BCUT2D eigenvalue weighted by Gasteiger charge is -2.30. The van der Waals surface area contributed by atoms with Gasteiger partial charge in [-0.15, -0.1) is 0 Å². The first-order valence-electron chi connectivity index (χ1n) is 32.6. The lowest BCUT2D eigenvalue weighted by Crippen LogP contribution is -2.63. The lowest BCUT2D eigenvalue weighted by molar-refractivity contribution is 0.595. The number of anilines is 6. The molecule has 0 amide bonds. The van der Waals surface area contributed by atoms with Crippen LogP contribution in [0.5, 0.6) is 0 Å². The smallest absolute Gasteiger partial charge is 0.160 e. The topological polar surface area (TPSA) is 32.8 Å². The largest absolute Gasteiger partial charge is 0.455 e. The van der Waals surface area contributed by atoms with E-state index in [1.165, 1.54) is 98.1 Å². The molecule has 2 aliphatic rings. The fourth-order valence-electron chi connectivity index (χ4n) is 16.2. The maximum absolute atomic E-state index is 7.37. The quantitative estimate of drug-likeness (QED) is 0.142. The Morgan fingerprint density at radius 3 is 1.14 bits per heavy atom. The zero-order valence-electron chi connectivity index (χ0n) is 54.0. The first-order valence-corrected chi connectivity index (χ1v) is 38.6. The van der Waals surface area contributed by atoms with Crippen LogP contribution in [-0.4, -0.2) is 16.1 Å². The molecule has 0 atom stereocenters. The Morgan fingerprint density at radius 1 is 0.304 bits per heavy atom. The Labute approximate surface area is 540 Å². The van der Waals surface area contributed by atoms with Gasteiger partial charge >= 0.3 is 0 Å². The van der Waals surface area contributed by atoms with Crippen LogP contribution in [0, 0.1) is 0 Å². The van der Waals surface area contributed by atoms with E-state index in [1.54, 1.807) is 5.19 Å². The molecule has 4 heterocycles. The molecular weight excluding hydrogens is 1150 g/mol. The molecule has 15 aromatic rings. The van der Waals surface area contributed by atoms with Crippen molar-refractivity contribution in [3.63, 3.8) is 0 Å². The first-order chi connectivity index (χ1) is 44.4. The molecule has 2 aliphatic heterocycles. The number of hydrogen-bond donors (Lipinski definition) is 0. The number of benzene rings is 13. The van der Waals surface area contributed by atoms with Crippen molar-refractivity contribution < 1.29 is 8.83 Å². The van der Waals surface area contributed by atoms with Crippen molar-refractivity contribution >= 4 is 136 Å². The molecule has 0 bridgehead atoms. The van der Waals surface area contributed by atoms with Gasteiger partial charge in [0.15, 0.2) is 5.58 Å². The number of nitrogens with zero attached hydrogens (tertiary/aromatic N) is 2. The van der Waals surface area contributed by atoms with E-state index < -0.39 is 16.1 Å². The van der Waals surface area contributed by atoms with Crippen LogP contribution in [0.25, 0.3) is 110 Å². The van der Waals surface area contributed by atoms with Crippen LogP contribution in [0.4, 0.5) is 34.1 Å². The summed E-state index contributed by atoms with van der Waals surface area (Å²) in [4.78, 5) is 4.93. The zero-order chi connectivity index (χ0) is 62.7. The third-order valence-electron chi connectivity index (χ3n) is 20.4. The minimum atomic E-state index is -2.60. The number of fused-ring (bicyclic) bond motifs is 17. The Bertz CT molecular complexity index is 5530. The van der Waals surface area contributed by atoms with Gasteiger partial charge in [-0.25, -0.2) is 0 Å². The molecule has 0 aliphatic carbocycles. The third-order valence-corrected chi connectivity index (χ3v) is 27.7. The number of rotatable bonds is 8. The van der Waals surface area contributed by atoms with Gasteiger partial charge in [0.1, 0.15) is 32.9 Å². The van der Waals surface area contributed by atoms with Gasteiger partial charge in [-0.2, -0.15) is 0 Å². The highest BCUT2D eigenvalue weighted by Gasteiger charge is 2.50. The Balaban J connectivity index is 0.840. The molecule has 92 heavy (non-hydrogen) atoms. The van der Waals surface area contributed by atoms with Gasteiger partial charge in [0, 0.05) is 44.5 Å². The van der Waals surface area contributed by atoms with E-state index in [9.17, 15) is 0 Å². The van der Waals surface area contributed by atoms with E-state index in [0.29, 0.717) is 0 Å². The molecule has 446 valence electrons. The van der Waals surface area contributed by atoms with Gasteiger partial charge in [-0.1, -0.05) is 250 Å². The standard InChI is InChI=1S/C86H72N2O2Si2/c1-85(2,3)69-49-47-59(61-29-17-19-31-63(61)69)53-37-41-57(42-38-53)87(55-25-13-11-14-26-55)71-51-76-79(82-77(71)65-33-21-23-35-73(65)90-82)68-46-45-67-78-75(91(7,8)83(67)84(68)92(76,9)10)52-72(81-80(78)66-34-22-24-36-74(66)89-81)88(56-27-15-12-16-28-56)58-43-39-54(40-44-58)60-48-50-70(86(4,5)6)64-32-20-18-30-62(60)64/h11-52H,1-10H3. The maximum Gasteiger partial charge on any atom is 0.160 e. The molecule has 0 unspecified atom stereocenters. The van der Waals surface area contributed by atoms with Gasteiger partial charge in [-0.05, 0) is 176 Å². The summed E-state index contributed by atoms with van der Waals surface area (Å²) >= 11 is 0. The van der Waals surface area contributed by atoms with Crippen LogP contribution in [-0.2, 0) is 10.8 Å². The first kappa shape index (κ1) is 56.0. The highest BCUT2D eigenvalue weighted by Crippen LogP contribution is 2.52. The van der Waals surface area contributed by atoms with E-state index in [1.807, 2.05) is 0 Å². The molecule has 0 spiro atoms. The van der Waals surface area contributed by atoms with Crippen molar-refractivity contribution in [3.05, 3.63) is 266 Å². The molecule has 0 fully saturated rings. The molecular formula is C86H72N2O2Si2. The summed E-state index contributed by atoms with van der Waals surface area (Å²) in [7, 11) is -5.20. The van der Waals surface area contributed by atoms with Crippen molar-refractivity contribution in [1.82, 2.24) is 0 Å². The molecule has 0 saturated heterocycles. The molecule has 4 nitrogen and oxygen atoms in total. The van der Waals surface area contributed by atoms with Crippen LogP contribution >= 0.6 is 0 Å². The predicted molar refractivity (Wildman–Crippen MR) is 398 cm³/mol. The van der Waals surface area contributed by atoms with Crippen molar-refractivity contribution in [2.24, 2.45) is 0 Å². The molecule has 6 heteroatoms. The Kier molecular flexibility index (Phi) is 12.3. The van der Waals surface area contributed by atoms with E-state index in [-0.39, 0.29) is 10.8 Å². The van der Waals surface area contributed by atoms with Gasteiger partial charge in [0.25, 0.3) is 0 Å². The fraction of sp³-hybridized carbons (Fsp3) is 0.140. The van der Waals surface area contributed by atoms with Gasteiger partial charge in [-0.3, -0.25) is 0 Å². The second kappa shape index (κ2) is 20.3. The molecule has 17 rings (SSSR count). The van der Waals surface area contributed by atoms with E-state index >= 15 is 0 Å². The third kappa shape index (κ3) is 8.32. The van der Waals surface area contributed by atoms with E-state index in [0.717, 1.165) is 72.6 Å². The van der Waals surface area contributed by atoms with E-state index in [4.69, 9.17) is 8.83 Å². The summed E-state index contributed by atoms with van der Waals surface area (Å²) in [5.41, 5.74) is 23.0. The van der Waals surface area contributed by atoms with Gasteiger partial charge in [0.2, 0.25) is 0 Å². The summed E-state index contributed by atoms with van der Waals surface area (Å²) in [6, 6.07) is 94.9. The predicted octanol–water partition coefficient (Wildman–Crippen LogP) is 22.3. The second-order valence-corrected chi connectivity index (χ2v) is 37.3. The van der Waals surface area contributed by atoms with Gasteiger partial charge in [0.05, 0.1) is 16.8 Å². The molecule has 0 N–H and O–H groups in total. The van der Waals surface area contributed by atoms with Crippen molar-refractivity contribution in [2.45, 2.75) is 78.6 Å². The number of furan rings is 2. The normalized spacial score (nSPS) is 13.9. The van der Waals surface area contributed by atoms with Crippen LogP contribution in [0.1, 0.15) is 52.7 Å². The number of hydrogen-bond acceptors (Lipinski definition) is 4. The monoisotopic (exact) mass is 1220 g/mol. The SMILES string of the molecule is CC(C)(C)c1ccc(-c2ccc(N(c3ccccc3)c3cc4c(c5c3oc3ccccc35)-c3ccc5c(c3[Si]4(C)C)[Si](C)(C)c3cc(N(c4ccccc4)c4ccc(-c6ccc(C(C)(C)C)c7ccccc67)cc4)c4c(oc6ccccc64)c3-5)cc2)c2ccccc12. The molecule has 13 aromatic carbocycles. The molecule has 2 aromatic heterocycles. The summed E-state index contributed by atoms with van der Waals surface area (Å²) in [6.07, 6.45) is 0. The van der Waals surface area contributed by atoms with Crippen LogP contribution in [0.3, 0.4) is 0 Å². The second-order valence-electron chi connectivity index (χ2n) is 28.8. The Morgan fingerprint density at radius 2 is 0.663 bits per heavy atom. The van der Waals surface area contributed by atoms with Crippen LogP contribution < -0.4 is 30.5 Å². The maximum atomic E-state index is 7.37. The molecule has 0 radical (unpaired) electrons. The van der Waals surface area contributed by atoms with Crippen molar-refractivity contribution in [3.8, 4) is 44.5 Å². The number of para-hydroxylation sites is 4. The Hall–Kier alpha value is -9.99. The average Bonchev–Trinajstić information content (AvgIpc) is 1.51. The average molecular weight is 1220 g/mol. The highest BCUT2D eigenvalue weighted by molar-refractivity contribution is 7.13. The minimum Gasteiger partial charge on any atom is -0.455 e. The van der Waals surface area contributed by atoms with Crippen molar-refractivity contribution in [2.75, 3.05) is 9.80 Å². The van der Waals surface area contributed by atoms with E-state index in [2.05, 4.69) is 332 Å². The summed E-state index contributed by atoms with van der Waals surface area (Å²) in [6.45, 7) is 24.3. The van der Waals surface area contributed by atoms with Crippen LogP contribution in [0.15, 0.2) is 264 Å². The van der Waals surface area contributed by atoms with Gasteiger partial charge < -0.3 is 18.6 Å².